The number of halogens is 2. The molecule has 4 nitrogen and oxygen atoms in total. The summed E-state index contributed by atoms with van der Waals surface area (Å²) in [6, 6.07) is 4.88. The summed E-state index contributed by atoms with van der Waals surface area (Å²) in [5.41, 5.74) is 6.92. The number of benzene rings is 1. The lowest BCUT2D eigenvalue weighted by Gasteiger charge is -2.12. The van der Waals surface area contributed by atoms with Crippen molar-refractivity contribution in [2.24, 2.45) is 5.73 Å². The fraction of sp³-hybridized carbons (Fsp3) is 0.500. The zero-order valence-corrected chi connectivity index (χ0v) is 13.0. The third-order valence-electron chi connectivity index (χ3n) is 2.60. The number of nitrogens with zero attached hydrogens (tertiary/aromatic N) is 1. The fourth-order valence-corrected chi connectivity index (χ4v) is 1.73. The summed E-state index contributed by atoms with van der Waals surface area (Å²) in [4.78, 5) is 13.3. The van der Waals surface area contributed by atoms with Crippen molar-refractivity contribution in [1.82, 2.24) is 10.2 Å². The molecule has 3 N–H and O–H groups in total. The molecule has 0 heterocycles. The number of nitrogens with one attached hydrogen (secondary N) is 1. The molecule has 0 spiro atoms. The molecule has 0 aliphatic carbocycles. The summed E-state index contributed by atoms with van der Waals surface area (Å²) in [5, 5.41) is 2.72. The highest BCUT2D eigenvalue weighted by atomic mass is 35.5. The molecule has 0 saturated heterocycles. The highest BCUT2D eigenvalue weighted by Crippen LogP contribution is 2.12. The summed E-state index contributed by atoms with van der Waals surface area (Å²) < 4.78 is 13.8. The van der Waals surface area contributed by atoms with E-state index in [1.807, 2.05) is 25.1 Å². The van der Waals surface area contributed by atoms with Gasteiger partial charge in [0.1, 0.15) is 5.82 Å². The third kappa shape index (κ3) is 6.84. The third-order valence-corrected chi connectivity index (χ3v) is 2.60. The van der Waals surface area contributed by atoms with Crippen LogP contribution in [0.5, 0.6) is 0 Å². The molecule has 1 unspecified atom stereocenters. The van der Waals surface area contributed by atoms with Crippen LogP contribution in [0.3, 0.4) is 0 Å². The Kier molecular flexibility index (Phi) is 8.37. The van der Waals surface area contributed by atoms with Crippen molar-refractivity contribution in [2.75, 3.05) is 14.1 Å². The van der Waals surface area contributed by atoms with Gasteiger partial charge in [-0.1, -0.05) is 12.1 Å². The molecule has 6 heteroatoms. The summed E-state index contributed by atoms with van der Waals surface area (Å²) in [6.45, 7) is 2.66. The van der Waals surface area contributed by atoms with Gasteiger partial charge < -0.3 is 16.0 Å². The molecule has 1 aromatic carbocycles. The maximum Gasteiger partial charge on any atom is 0.221 e. The van der Waals surface area contributed by atoms with Crippen LogP contribution in [0.25, 0.3) is 0 Å². The van der Waals surface area contributed by atoms with Crippen molar-refractivity contribution in [3.05, 3.63) is 35.1 Å². The van der Waals surface area contributed by atoms with Crippen molar-refractivity contribution >= 4 is 18.3 Å². The lowest BCUT2D eigenvalue weighted by Crippen LogP contribution is -2.29. The van der Waals surface area contributed by atoms with E-state index in [1.54, 1.807) is 13.0 Å². The molecule has 20 heavy (non-hydrogen) atoms. The average Bonchev–Trinajstić information content (AvgIpc) is 2.28. The minimum Gasteiger partial charge on any atom is -0.352 e. The second-order valence-corrected chi connectivity index (χ2v) is 5.12. The van der Waals surface area contributed by atoms with Crippen molar-refractivity contribution in [1.29, 1.82) is 0 Å². The average molecular weight is 304 g/mol. The Morgan fingerprint density at radius 1 is 1.45 bits per heavy atom. The molecule has 0 radical (unpaired) electrons. The van der Waals surface area contributed by atoms with Gasteiger partial charge in [0, 0.05) is 31.1 Å². The highest BCUT2D eigenvalue weighted by molar-refractivity contribution is 5.85. The zero-order valence-electron chi connectivity index (χ0n) is 12.1. The van der Waals surface area contributed by atoms with Crippen molar-refractivity contribution in [3.8, 4) is 0 Å². The topological polar surface area (TPSA) is 58.4 Å². The molecule has 0 bridgehead atoms. The maximum absolute atomic E-state index is 13.8. The fourth-order valence-electron chi connectivity index (χ4n) is 1.73. The van der Waals surface area contributed by atoms with Crippen LogP contribution < -0.4 is 11.1 Å². The number of carbonyl (C=O) groups excluding carboxylic acids is 1. The number of amides is 1. The quantitative estimate of drug-likeness (QED) is 0.840. The molecule has 1 aromatic rings. The van der Waals surface area contributed by atoms with Crippen LogP contribution in [0.15, 0.2) is 18.2 Å². The summed E-state index contributed by atoms with van der Waals surface area (Å²) in [6.07, 6.45) is 0.279. The monoisotopic (exact) mass is 303 g/mol. The van der Waals surface area contributed by atoms with Crippen LogP contribution >= 0.6 is 12.4 Å². The van der Waals surface area contributed by atoms with Gasteiger partial charge in [-0.15, -0.1) is 12.4 Å². The Hall–Kier alpha value is -1.17. The number of rotatable bonds is 6. The number of hydrogen-bond acceptors (Lipinski definition) is 3. The number of hydrogen-bond donors (Lipinski definition) is 2. The summed E-state index contributed by atoms with van der Waals surface area (Å²) >= 11 is 0. The zero-order chi connectivity index (χ0) is 14.4. The molecule has 0 saturated carbocycles. The molecule has 1 atom stereocenters. The van der Waals surface area contributed by atoms with Gasteiger partial charge in [0.15, 0.2) is 0 Å². The smallest absolute Gasteiger partial charge is 0.221 e. The Morgan fingerprint density at radius 2 is 2.10 bits per heavy atom. The molecular weight excluding hydrogens is 281 g/mol. The SMILES string of the molecule is CC(N)CC(=O)NCc1ccc(CN(C)C)c(F)c1.Cl. The second-order valence-electron chi connectivity index (χ2n) is 5.12. The number of carbonyl (C=O) groups is 1. The normalized spacial score (nSPS) is 11.9. The van der Waals surface area contributed by atoms with E-state index < -0.39 is 0 Å². The summed E-state index contributed by atoms with van der Waals surface area (Å²) in [5.74, 6) is -0.361. The van der Waals surface area contributed by atoms with E-state index in [0.29, 0.717) is 18.7 Å². The van der Waals surface area contributed by atoms with Crippen LogP contribution in [0.2, 0.25) is 0 Å². The second kappa shape index (κ2) is 8.89. The first-order valence-corrected chi connectivity index (χ1v) is 6.32. The van der Waals surface area contributed by atoms with Gasteiger partial charge in [0.25, 0.3) is 0 Å². The van der Waals surface area contributed by atoms with Crippen molar-refractivity contribution in [2.45, 2.75) is 32.5 Å². The van der Waals surface area contributed by atoms with E-state index in [0.717, 1.165) is 5.56 Å². The molecular formula is C14H23ClFN3O. The first kappa shape index (κ1) is 18.8. The van der Waals surface area contributed by atoms with Crippen molar-refractivity contribution < 1.29 is 9.18 Å². The predicted molar refractivity (Wildman–Crippen MR) is 81.2 cm³/mol. The van der Waals surface area contributed by atoms with Gasteiger partial charge in [-0.3, -0.25) is 4.79 Å². The van der Waals surface area contributed by atoms with E-state index in [4.69, 9.17) is 5.73 Å². The van der Waals surface area contributed by atoms with E-state index in [-0.39, 0.29) is 36.6 Å². The van der Waals surface area contributed by atoms with Gasteiger partial charge in [-0.05, 0) is 32.6 Å². The van der Waals surface area contributed by atoms with Gasteiger partial charge in [0.05, 0.1) is 0 Å². The lowest BCUT2D eigenvalue weighted by atomic mass is 10.1. The molecule has 114 valence electrons. The van der Waals surface area contributed by atoms with Gasteiger partial charge in [-0.25, -0.2) is 4.39 Å². The van der Waals surface area contributed by atoms with Crippen LogP contribution in [0.4, 0.5) is 4.39 Å². The first-order valence-electron chi connectivity index (χ1n) is 6.32. The Balaban J connectivity index is 0.00000361. The minimum atomic E-state index is -0.243. The Labute approximate surface area is 125 Å². The molecule has 0 aliphatic heterocycles. The van der Waals surface area contributed by atoms with Crippen LogP contribution in [-0.2, 0) is 17.9 Å². The first-order chi connectivity index (χ1) is 8.88. The minimum absolute atomic E-state index is 0. The van der Waals surface area contributed by atoms with Crippen LogP contribution in [0.1, 0.15) is 24.5 Å². The standard InChI is InChI=1S/C14H22FN3O.ClH/c1-10(16)6-14(19)17-8-11-4-5-12(9-18(2)3)13(15)7-11;/h4-5,7,10H,6,8-9,16H2,1-3H3,(H,17,19);1H. The van der Waals surface area contributed by atoms with Gasteiger partial charge in [0.2, 0.25) is 5.91 Å². The lowest BCUT2D eigenvalue weighted by molar-refractivity contribution is -0.121. The van der Waals surface area contributed by atoms with Crippen molar-refractivity contribution in [3.63, 3.8) is 0 Å². The van der Waals surface area contributed by atoms with Crippen LogP contribution in [-0.4, -0.2) is 30.9 Å². The Morgan fingerprint density at radius 3 is 2.60 bits per heavy atom. The molecule has 0 aromatic heterocycles. The molecule has 0 fully saturated rings. The van der Waals surface area contributed by atoms with E-state index in [1.165, 1.54) is 6.07 Å². The van der Waals surface area contributed by atoms with E-state index in [9.17, 15) is 9.18 Å². The van der Waals surface area contributed by atoms with E-state index >= 15 is 0 Å². The number of nitrogens with two attached hydrogens (primary N) is 1. The van der Waals surface area contributed by atoms with E-state index in [2.05, 4.69) is 5.32 Å². The molecule has 1 rings (SSSR count). The summed E-state index contributed by atoms with van der Waals surface area (Å²) in [7, 11) is 3.78. The Bertz CT molecular complexity index is 438. The van der Waals surface area contributed by atoms with Gasteiger partial charge in [-0.2, -0.15) is 0 Å². The molecule has 0 aliphatic rings. The maximum atomic E-state index is 13.8. The largest absolute Gasteiger partial charge is 0.352 e. The molecule has 1 amide bonds. The highest BCUT2D eigenvalue weighted by Gasteiger charge is 2.07. The van der Waals surface area contributed by atoms with Crippen LogP contribution in [0, 0.1) is 5.82 Å². The predicted octanol–water partition coefficient (Wildman–Crippen LogP) is 1.66. The van der Waals surface area contributed by atoms with Gasteiger partial charge >= 0.3 is 0 Å².